The minimum atomic E-state index is 0.150. The molecule has 2 heterocycles. The lowest BCUT2D eigenvalue weighted by Gasteiger charge is -2.16. The average molecular weight is 257 g/mol. The van der Waals surface area contributed by atoms with Crippen LogP contribution in [0.25, 0.3) is 0 Å². The van der Waals surface area contributed by atoms with Crippen LogP contribution in [0.4, 0.5) is 11.8 Å². The van der Waals surface area contributed by atoms with Crippen LogP contribution >= 0.6 is 0 Å². The zero-order chi connectivity index (χ0) is 13.7. The molecule has 2 N–H and O–H groups in total. The summed E-state index contributed by atoms with van der Waals surface area (Å²) in [6, 6.07) is 4.13. The third-order valence-corrected chi connectivity index (χ3v) is 2.84. The first-order chi connectivity index (χ1) is 9.20. The van der Waals surface area contributed by atoms with Crippen molar-refractivity contribution in [3.63, 3.8) is 0 Å². The highest BCUT2D eigenvalue weighted by Gasteiger charge is 2.09. The summed E-state index contributed by atoms with van der Waals surface area (Å²) in [7, 11) is 0. The largest absolute Gasteiger partial charge is 0.363 e. The molecule has 0 fully saturated rings. The van der Waals surface area contributed by atoms with Crippen molar-refractivity contribution in [2.45, 2.75) is 26.8 Å². The van der Waals surface area contributed by atoms with E-state index in [9.17, 15) is 0 Å². The van der Waals surface area contributed by atoms with Crippen LogP contribution in [0.5, 0.6) is 0 Å². The number of nitrogens with one attached hydrogen (secondary N) is 2. The van der Waals surface area contributed by atoms with E-state index in [4.69, 9.17) is 0 Å². The molecule has 0 radical (unpaired) electrons. The van der Waals surface area contributed by atoms with Gasteiger partial charge in [0.25, 0.3) is 0 Å². The van der Waals surface area contributed by atoms with Crippen molar-refractivity contribution in [3.8, 4) is 0 Å². The molecule has 0 bridgehead atoms. The van der Waals surface area contributed by atoms with Gasteiger partial charge in [0.2, 0.25) is 5.95 Å². The Bertz CT molecular complexity index is 527. The molecule has 0 aliphatic carbocycles. The molecular weight excluding hydrogens is 238 g/mol. The van der Waals surface area contributed by atoms with E-state index in [2.05, 4.69) is 32.5 Å². The van der Waals surface area contributed by atoms with Gasteiger partial charge in [0.1, 0.15) is 5.82 Å². The van der Waals surface area contributed by atoms with Crippen LogP contribution in [0.2, 0.25) is 0 Å². The molecule has 19 heavy (non-hydrogen) atoms. The van der Waals surface area contributed by atoms with E-state index in [1.807, 2.05) is 38.4 Å². The number of anilines is 2. The predicted molar refractivity (Wildman–Crippen MR) is 77.2 cm³/mol. The van der Waals surface area contributed by atoms with E-state index in [0.717, 1.165) is 23.5 Å². The number of aryl methyl sites for hydroxylation is 1. The molecule has 2 rings (SSSR count). The summed E-state index contributed by atoms with van der Waals surface area (Å²) in [4.78, 5) is 12.8. The van der Waals surface area contributed by atoms with Gasteiger partial charge in [0.05, 0.1) is 6.04 Å². The van der Waals surface area contributed by atoms with Gasteiger partial charge >= 0.3 is 0 Å². The first-order valence-corrected chi connectivity index (χ1v) is 6.44. The molecule has 0 saturated carbocycles. The van der Waals surface area contributed by atoms with E-state index in [0.29, 0.717) is 5.95 Å². The normalized spacial score (nSPS) is 11.9. The van der Waals surface area contributed by atoms with Gasteiger partial charge in [-0.15, -0.1) is 0 Å². The van der Waals surface area contributed by atoms with Crippen LogP contribution in [0.3, 0.4) is 0 Å². The Labute approximate surface area is 113 Å². The molecule has 1 unspecified atom stereocenters. The minimum Gasteiger partial charge on any atom is -0.363 e. The SMILES string of the molecule is CCNc1ncc(C)c(NC(C)c2cccnc2)n1. The predicted octanol–water partition coefficient (Wildman–Crippen LogP) is 2.78. The zero-order valence-electron chi connectivity index (χ0n) is 11.5. The lowest BCUT2D eigenvalue weighted by Crippen LogP contribution is -2.11. The van der Waals surface area contributed by atoms with Gasteiger partial charge in [-0.3, -0.25) is 4.98 Å². The second-order valence-electron chi connectivity index (χ2n) is 4.41. The number of pyridine rings is 1. The summed E-state index contributed by atoms with van der Waals surface area (Å²) < 4.78 is 0. The topological polar surface area (TPSA) is 62.7 Å². The molecule has 1 atom stereocenters. The van der Waals surface area contributed by atoms with Crippen LogP contribution in [-0.2, 0) is 0 Å². The van der Waals surface area contributed by atoms with Gasteiger partial charge in [-0.25, -0.2) is 4.98 Å². The van der Waals surface area contributed by atoms with E-state index < -0.39 is 0 Å². The van der Waals surface area contributed by atoms with Crippen molar-refractivity contribution in [1.29, 1.82) is 0 Å². The van der Waals surface area contributed by atoms with Gasteiger partial charge in [-0.1, -0.05) is 6.07 Å². The number of hydrogen-bond donors (Lipinski definition) is 2. The van der Waals surface area contributed by atoms with Crippen molar-refractivity contribution < 1.29 is 0 Å². The minimum absolute atomic E-state index is 0.150. The Morgan fingerprint density at radius 3 is 2.84 bits per heavy atom. The van der Waals surface area contributed by atoms with Crippen LogP contribution in [0, 0.1) is 6.92 Å². The molecule has 0 amide bonds. The Kier molecular flexibility index (Phi) is 4.28. The molecule has 0 aliphatic heterocycles. The maximum atomic E-state index is 4.47. The van der Waals surface area contributed by atoms with Gasteiger partial charge < -0.3 is 10.6 Å². The highest BCUT2D eigenvalue weighted by Crippen LogP contribution is 2.20. The maximum Gasteiger partial charge on any atom is 0.224 e. The number of hydrogen-bond acceptors (Lipinski definition) is 5. The van der Waals surface area contributed by atoms with E-state index in [1.54, 1.807) is 6.20 Å². The van der Waals surface area contributed by atoms with Crippen LogP contribution in [0.1, 0.15) is 31.0 Å². The fraction of sp³-hybridized carbons (Fsp3) is 0.357. The molecular formula is C14H19N5. The third kappa shape index (κ3) is 3.40. The Morgan fingerprint density at radius 1 is 1.32 bits per heavy atom. The number of aromatic nitrogens is 3. The number of rotatable bonds is 5. The highest BCUT2D eigenvalue weighted by atomic mass is 15.1. The van der Waals surface area contributed by atoms with Gasteiger partial charge in [0, 0.05) is 30.7 Å². The summed E-state index contributed by atoms with van der Waals surface area (Å²) in [6.07, 6.45) is 5.46. The standard InChI is InChI=1S/C14H19N5/c1-4-16-14-17-8-10(2)13(19-14)18-11(3)12-6-5-7-15-9-12/h5-9,11H,4H2,1-3H3,(H2,16,17,18,19). The van der Waals surface area contributed by atoms with E-state index >= 15 is 0 Å². The first kappa shape index (κ1) is 13.3. The lowest BCUT2D eigenvalue weighted by molar-refractivity contribution is 0.860. The number of nitrogens with zero attached hydrogens (tertiary/aromatic N) is 3. The van der Waals surface area contributed by atoms with E-state index in [1.165, 1.54) is 0 Å². The first-order valence-electron chi connectivity index (χ1n) is 6.44. The summed E-state index contributed by atoms with van der Waals surface area (Å²) in [5, 5.41) is 6.51. The molecule has 2 aromatic rings. The molecule has 0 aromatic carbocycles. The van der Waals surface area contributed by atoms with Crippen molar-refractivity contribution in [2.24, 2.45) is 0 Å². The quantitative estimate of drug-likeness (QED) is 0.862. The van der Waals surface area contributed by atoms with Crippen LogP contribution < -0.4 is 10.6 Å². The molecule has 0 spiro atoms. The summed E-state index contributed by atoms with van der Waals surface area (Å²) in [5.41, 5.74) is 2.16. The fourth-order valence-electron chi connectivity index (χ4n) is 1.75. The molecule has 0 saturated heterocycles. The smallest absolute Gasteiger partial charge is 0.224 e. The van der Waals surface area contributed by atoms with Crippen molar-refractivity contribution in [2.75, 3.05) is 17.2 Å². The summed E-state index contributed by atoms with van der Waals surface area (Å²) in [5.74, 6) is 1.50. The Balaban J connectivity index is 2.16. The molecule has 5 nitrogen and oxygen atoms in total. The molecule has 100 valence electrons. The van der Waals surface area contributed by atoms with Gasteiger partial charge in [0.15, 0.2) is 0 Å². The maximum absolute atomic E-state index is 4.47. The molecule has 5 heteroatoms. The Morgan fingerprint density at radius 2 is 2.16 bits per heavy atom. The lowest BCUT2D eigenvalue weighted by atomic mass is 10.1. The highest BCUT2D eigenvalue weighted by molar-refractivity contribution is 5.47. The van der Waals surface area contributed by atoms with Crippen molar-refractivity contribution in [1.82, 2.24) is 15.0 Å². The van der Waals surface area contributed by atoms with Crippen LogP contribution in [0.15, 0.2) is 30.7 Å². The average Bonchev–Trinajstić information content (AvgIpc) is 2.44. The zero-order valence-corrected chi connectivity index (χ0v) is 11.5. The Hall–Kier alpha value is -2.17. The fourth-order valence-corrected chi connectivity index (χ4v) is 1.75. The molecule has 2 aromatic heterocycles. The van der Waals surface area contributed by atoms with Gasteiger partial charge in [-0.05, 0) is 32.4 Å². The second-order valence-corrected chi connectivity index (χ2v) is 4.41. The monoisotopic (exact) mass is 257 g/mol. The second kappa shape index (κ2) is 6.13. The van der Waals surface area contributed by atoms with E-state index in [-0.39, 0.29) is 6.04 Å². The summed E-state index contributed by atoms with van der Waals surface area (Å²) >= 11 is 0. The van der Waals surface area contributed by atoms with Crippen LogP contribution in [-0.4, -0.2) is 21.5 Å². The van der Waals surface area contributed by atoms with Crippen molar-refractivity contribution in [3.05, 3.63) is 41.9 Å². The van der Waals surface area contributed by atoms with Crippen molar-refractivity contribution >= 4 is 11.8 Å². The van der Waals surface area contributed by atoms with Gasteiger partial charge in [-0.2, -0.15) is 4.98 Å². The summed E-state index contributed by atoms with van der Waals surface area (Å²) in [6.45, 7) is 6.91. The molecule has 0 aliphatic rings. The third-order valence-electron chi connectivity index (χ3n) is 2.84.